The van der Waals surface area contributed by atoms with Gasteiger partial charge in [-0.2, -0.15) is 0 Å². The van der Waals surface area contributed by atoms with E-state index in [1.165, 1.54) is 0 Å². The van der Waals surface area contributed by atoms with Gasteiger partial charge in [0.2, 0.25) is 0 Å². The number of amides is 1. The zero-order valence-electron chi connectivity index (χ0n) is 16.5. The number of carbonyl (C=O) groups is 1. The minimum Gasteiger partial charge on any atom is -0.396 e. The summed E-state index contributed by atoms with van der Waals surface area (Å²) in [5.74, 6) is 0.378. The molecule has 1 unspecified atom stereocenters. The SMILES string of the molecule is COCCN1CC(CO)C2(CCN(C(=O)c3ccc4ncccc4c3)CC2)C1. The van der Waals surface area contributed by atoms with Crippen molar-refractivity contribution in [3.05, 3.63) is 42.1 Å². The van der Waals surface area contributed by atoms with Crippen LogP contribution in [0.3, 0.4) is 0 Å². The summed E-state index contributed by atoms with van der Waals surface area (Å²) in [5.41, 5.74) is 1.75. The van der Waals surface area contributed by atoms with E-state index in [1.807, 2.05) is 35.2 Å². The lowest BCUT2D eigenvalue weighted by atomic mass is 9.71. The summed E-state index contributed by atoms with van der Waals surface area (Å²) >= 11 is 0. The predicted octanol–water partition coefficient (Wildman–Crippen LogP) is 2.03. The van der Waals surface area contributed by atoms with Crippen molar-refractivity contribution in [2.24, 2.45) is 11.3 Å². The molecule has 1 N–H and O–H groups in total. The van der Waals surface area contributed by atoms with Crippen molar-refractivity contribution in [1.82, 2.24) is 14.8 Å². The third-order valence-electron chi connectivity index (χ3n) is 6.61. The molecule has 0 aliphatic carbocycles. The normalized spacial score (nSPS) is 22.2. The molecule has 0 bridgehead atoms. The van der Waals surface area contributed by atoms with Gasteiger partial charge in [-0.25, -0.2) is 0 Å². The van der Waals surface area contributed by atoms with E-state index >= 15 is 0 Å². The van der Waals surface area contributed by atoms with Gasteiger partial charge in [-0.1, -0.05) is 6.07 Å². The molecule has 2 aliphatic heterocycles. The van der Waals surface area contributed by atoms with Crippen LogP contribution in [0.25, 0.3) is 10.9 Å². The fraction of sp³-hybridized carbons (Fsp3) is 0.545. The van der Waals surface area contributed by atoms with E-state index in [1.54, 1.807) is 13.3 Å². The largest absolute Gasteiger partial charge is 0.396 e. The molecule has 2 fully saturated rings. The molecule has 1 aromatic carbocycles. The lowest BCUT2D eigenvalue weighted by Gasteiger charge is -2.42. The van der Waals surface area contributed by atoms with E-state index in [2.05, 4.69) is 9.88 Å². The molecule has 1 aromatic heterocycles. The standard InChI is InChI=1S/C22H29N3O3/c1-28-12-11-24-14-19(15-26)22(16-24)6-9-25(10-7-22)21(27)18-4-5-20-17(13-18)3-2-8-23-20/h2-5,8,13,19,26H,6-7,9-12,14-16H2,1H3. The molecule has 28 heavy (non-hydrogen) atoms. The Kier molecular flexibility index (Phi) is 5.62. The first-order chi connectivity index (χ1) is 13.6. The second kappa shape index (κ2) is 8.15. The van der Waals surface area contributed by atoms with Crippen LogP contribution in [-0.2, 0) is 4.74 Å². The molecule has 1 spiro atoms. The summed E-state index contributed by atoms with van der Waals surface area (Å²) in [5, 5.41) is 10.9. The highest BCUT2D eigenvalue weighted by Crippen LogP contribution is 2.44. The molecule has 2 aliphatic rings. The van der Waals surface area contributed by atoms with Crippen molar-refractivity contribution in [3.8, 4) is 0 Å². The Morgan fingerprint density at radius 1 is 1.32 bits per heavy atom. The molecule has 6 nitrogen and oxygen atoms in total. The number of pyridine rings is 1. The number of aromatic nitrogens is 1. The van der Waals surface area contributed by atoms with Crippen LogP contribution < -0.4 is 0 Å². The van der Waals surface area contributed by atoms with E-state index in [4.69, 9.17) is 4.74 Å². The lowest BCUT2D eigenvalue weighted by molar-refractivity contribution is 0.0399. The number of fused-ring (bicyclic) bond motifs is 1. The Bertz CT molecular complexity index is 833. The van der Waals surface area contributed by atoms with Gasteiger partial charge in [-0.05, 0) is 42.5 Å². The van der Waals surface area contributed by atoms with Crippen LogP contribution in [0.5, 0.6) is 0 Å². The van der Waals surface area contributed by atoms with Crippen molar-refractivity contribution >= 4 is 16.8 Å². The number of methoxy groups -OCH3 is 1. The summed E-state index contributed by atoms with van der Waals surface area (Å²) < 4.78 is 5.21. The van der Waals surface area contributed by atoms with Crippen molar-refractivity contribution < 1.29 is 14.6 Å². The van der Waals surface area contributed by atoms with E-state index < -0.39 is 0 Å². The number of aliphatic hydroxyl groups is 1. The number of hydrogen-bond donors (Lipinski definition) is 1. The van der Waals surface area contributed by atoms with Gasteiger partial charge in [-0.15, -0.1) is 0 Å². The van der Waals surface area contributed by atoms with Crippen LogP contribution >= 0.6 is 0 Å². The Balaban J connectivity index is 1.43. The van der Waals surface area contributed by atoms with Gasteiger partial charge >= 0.3 is 0 Å². The number of likely N-dealkylation sites (tertiary alicyclic amines) is 2. The molecular formula is C22H29N3O3. The number of nitrogens with zero attached hydrogens (tertiary/aromatic N) is 3. The van der Waals surface area contributed by atoms with Crippen LogP contribution in [0.2, 0.25) is 0 Å². The zero-order valence-corrected chi connectivity index (χ0v) is 16.5. The Hall–Kier alpha value is -2.02. The molecule has 4 rings (SSSR count). The van der Waals surface area contributed by atoms with Gasteiger partial charge in [0.25, 0.3) is 5.91 Å². The van der Waals surface area contributed by atoms with Gasteiger partial charge in [0.05, 0.1) is 12.1 Å². The van der Waals surface area contributed by atoms with Gasteiger partial charge < -0.3 is 19.6 Å². The third-order valence-corrected chi connectivity index (χ3v) is 6.61. The highest BCUT2D eigenvalue weighted by atomic mass is 16.5. The smallest absolute Gasteiger partial charge is 0.253 e. The van der Waals surface area contributed by atoms with Gasteiger partial charge in [-0.3, -0.25) is 9.78 Å². The zero-order chi connectivity index (χ0) is 19.6. The van der Waals surface area contributed by atoms with Gasteiger partial charge in [0.1, 0.15) is 0 Å². The minimum atomic E-state index is 0.0930. The summed E-state index contributed by atoms with van der Waals surface area (Å²) in [6.07, 6.45) is 3.66. The van der Waals surface area contributed by atoms with Gasteiger partial charge in [0.15, 0.2) is 0 Å². The maximum Gasteiger partial charge on any atom is 0.253 e. The maximum atomic E-state index is 13.0. The molecule has 6 heteroatoms. The summed E-state index contributed by atoms with van der Waals surface area (Å²) in [6.45, 7) is 5.25. The van der Waals surface area contributed by atoms with Crippen molar-refractivity contribution in [2.75, 3.05) is 53.0 Å². The maximum absolute atomic E-state index is 13.0. The summed E-state index contributed by atoms with van der Waals surface area (Å²) in [7, 11) is 1.72. The van der Waals surface area contributed by atoms with Crippen LogP contribution in [-0.4, -0.2) is 78.8 Å². The number of carbonyl (C=O) groups excluding carboxylic acids is 1. The van der Waals surface area contributed by atoms with Crippen LogP contribution in [0.4, 0.5) is 0 Å². The predicted molar refractivity (Wildman–Crippen MR) is 108 cm³/mol. The fourth-order valence-electron chi connectivity index (χ4n) is 4.90. The number of rotatable bonds is 5. The number of aliphatic hydroxyl groups excluding tert-OH is 1. The first kappa shape index (κ1) is 19.3. The molecule has 2 saturated heterocycles. The monoisotopic (exact) mass is 383 g/mol. The van der Waals surface area contributed by atoms with E-state index in [0.717, 1.165) is 68.6 Å². The first-order valence-electron chi connectivity index (χ1n) is 10.1. The van der Waals surface area contributed by atoms with Crippen molar-refractivity contribution in [3.63, 3.8) is 0 Å². The Labute approximate surface area is 166 Å². The Morgan fingerprint density at radius 3 is 2.89 bits per heavy atom. The quantitative estimate of drug-likeness (QED) is 0.856. The summed E-state index contributed by atoms with van der Waals surface area (Å²) in [4.78, 5) is 21.7. The second-order valence-corrected chi connectivity index (χ2v) is 8.17. The molecule has 2 aromatic rings. The second-order valence-electron chi connectivity index (χ2n) is 8.17. The van der Waals surface area contributed by atoms with E-state index in [-0.39, 0.29) is 23.8 Å². The van der Waals surface area contributed by atoms with Crippen LogP contribution in [0.1, 0.15) is 23.2 Å². The average Bonchev–Trinajstić information content (AvgIpc) is 3.08. The molecule has 3 heterocycles. The number of piperidine rings is 1. The molecule has 0 radical (unpaired) electrons. The Morgan fingerprint density at radius 2 is 2.14 bits per heavy atom. The van der Waals surface area contributed by atoms with E-state index in [9.17, 15) is 9.90 Å². The number of hydrogen-bond acceptors (Lipinski definition) is 5. The molecule has 1 amide bonds. The topological polar surface area (TPSA) is 65.9 Å². The molecular weight excluding hydrogens is 354 g/mol. The first-order valence-corrected chi connectivity index (χ1v) is 10.1. The van der Waals surface area contributed by atoms with Crippen molar-refractivity contribution in [2.45, 2.75) is 12.8 Å². The lowest BCUT2D eigenvalue weighted by Crippen LogP contribution is -2.47. The van der Waals surface area contributed by atoms with Crippen LogP contribution in [0.15, 0.2) is 36.5 Å². The fourth-order valence-corrected chi connectivity index (χ4v) is 4.90. The van der Waals surface area contributed by atoms with Gasteiger partial charge in [0, 0.05) is 69.5 Å². The van der Waals surface area contributed by atoms with Crippen molar-refractivity contribution in [1.29, 1.82) is 0 Å². The minimum absolute atomic E-state index is 0.0930. The molecule has 1 atom stereocenters. The highest BCUT2D eigenvalue weighted by molar-refractivity contribution is 5.98. The third kappa shape index (κ3) is 3.64. The molecule has 150 valence electrons. The van der Waals surface area contributed by atoms with E-state index in [0.29, 0.717) is 0 Å². The molecule has 0 saturated carbocycles. The number of ether oxygens (including phenoxy) is 1. The highest BCUT2D eigenvalue weighted by Gasteiger charge is 2.47. The number of benzene rings is 1. The summed E-state index contributed by atoms with van der Waals surface area (Å²) in [6, 6.07) is 9.61. The average molecular weight is 383 g/mol. The van der Waals surface area contributed by atoms with Crippen LogP contribution in [0, 0.1) is 11.3 Å².